The molecule has 0 unspecified atom stereocenters. The summed E-state index contributed by atoms with van der Waals surface area (Å²) in [6.07, 6.45) is 1.31. The van der Waals surface area contributed by atoms with Crippen molar-refractivity contribution < 1.29 is 19.1 Å². The van der Waals surface area contributed by atoms with Gasteiger partial charge < -0.3 is 14.4 Å². The fourth-order valence-corrected chi connectivity index (χ4v) is 4.37. The summed E-state index contributed by atoms with van der Waals surface area (Å²) in [5.74, 6) is 1.48. The summed E-state index contributed by atoms with van der Waals surface area (Å²) in [7, 11) is 0. The van der Waals surface area contributed by atoms with Gasteiger partial charge in [-0.3, -0.25) is 4.79 Å². The average molecular weight is 321 g/mol. The first-order valence-corrected chi connectivity index (χ1v) is 8.43. The van der Waals surface area contributed by atoms with E-state index in [1.165, 1.54) is 0 Å². The number of benzene rings is 1. The molecule has 0 aromatic heterocycles. The van der Waals surface area contributed by atoms with E-state index in [-0.39, 0.29) is 16.7 Å². The summed E-state index contributed by atoms with van der Waals surface area (Å²) in [5.41, 5.74) is 0. The monoisotopic (exact) mass is 321 g/mol. The third-order valence-electron chi connectivity index (χ3n) is 4.07. The van der Waals surface area contributed by atoms with Crippen LogP contribution in [0.1, 0.15) is 26.7 Å². The number of thioether (sulfide) groups is 1. The lowest BCUT2D eigenvalue weighted by Crippen LogP contribution is -2.47. The minimum Gasteiger partial charge on any atom is -0.494 e. The highest BCUT2D eigenvalue weighted by molar-refractivity contribution is 8.01. The van der Waals surface area contributed by atoms with Gasteiger partial charge in [0.25, 0.3) is 0 Å². The van der Waals surface area contributed by atoms with Crippen LogP contribution in [0, 0.1) is 0 Å². The molecule has 2 aliphatic rings. The Morgan fingerprint density at radius 1 is 1.36 bits per heavy atom. The average Bonchev–Trinajstić information content (AvgIpc) is 2.98. The van der Waals surface area contributed by atoms with E-state index >= 15 is 0 Å². The second kappa shape index (κ2) is 5.83. The van der Waals surface area contributed by atoms with Crippen molar-refractivity contribution in [2.75, 3.05) is 12.4 Å². The highest BCUT2D eigenvalue weighted by Gasteiger charge is 2.53. The van der Waals surface area contributed by atoms with Crippen LogP contribution in [0.15, 0.2) is 24.3 Å². The van der Waals surface area contributed by atoms with Crippen LogP contribution in [0.25, 0.3) is 0 Å². The van der Waals surface area contributed by atoms with Crippen molar-refractivity contribution in [1.29, 1.82) is 0 Å². The molecular formula is C16H19NO4S. The van der Waals surface area contributed by atoms with Crippen molar-refractivity contribution in [3.05, 3.63) is 24.3 Å². The molecular weight excluding hydrogens is 302 g/mol. The van der Waals surface area contributed by atoms with E-state index in [1.807, 2.05) is 13.8 Å². The van der Waals surface area contributed by atoms with Gasteiger partial charge in [-0.05, 0) is 44.5 Å². The second-order valence-electron chi connectivity index (χ2n) is 5.59. The van der Waals surface area contributed by atoms with Crippen molar-refractivity contribution in [2.24, 2.45) is 0 Å². The highest BCUT2D eigenvalue weighted by Crippen LogP contribution is 2.47. The Morgan fingerprint density at radius 2 is 2.05 bits per heavy atom. The fraction of sp³-hybridized carbons (Fsp3) is 0.500. The molecule has 0 aliphatic carbocycles. The number of amides is 1. The summed E-state index contributed by atoms with van der Waals surface area (Å²) < 4.78 is 10.8. The van der Waals surface area contributed by atoms with Gasteiger partial charge in [-0.1, -0.05) is 0 Å². The molecule has 0 spiro atoms. The van der Waals surface area contributed by atoms with Crippen LogP contribution in [-0.4, -0.2) is 40.0 Å². The van der Waals surface area contributed by atoms with Crippen molar-refractivity contribution >= 4 is 23.6 Å². The van der Waals surface area contributed by atoms with Crippen molar-refractivity contribution in [2.45, 2.75) is 37.6 Å². The van der Waals surface area contributed by atoms with Gasteiger partial charge in [0, 0.05) is 12.2 Å². The molecule has 2 heterocycles. The summed E-state index contributed by atoms with van der Waals surface area (Å²) in [5, 5.41) is 0. The Kier molecular flexibility index (Phi) is 4.04. The molecule has 1 amide bonds. The minimum atomic E-state index is -0.489. The standard InChI is InChI=1S/C16H19NO4S/c1-3-20-11-4-6-12(7-5-11)21-15(19)13-10-22-16(2)9-8-14(18)17(13)16/h4-7,13H,3,8-10H2,1-2H3/t13-,16+/m1/s1. The molecule has 0 saturated carbocycles. The van der Waals surface area contributed by atoms with Gasteiger partial charge in [-0.2, -0.15) is 0 Å². The predicted octanol–water partition coefficient (Wildman–Crippen LogP) is 2.44. The predicted molar refractivity (Wildman–Crippen MR) is 84.0 cm³/mol. The van der Waals surface area contributed by atoms with Gasteiger partial charge in [0.05, 0.1) is 11.5 Å². The smallest absolute Gasteiger partial charge is 0.335 e. The Balaban J connectivity index is 1.68. The Labute approximate surface area is 134 Å². The highest BCUT2D eigenvalue weighted by atomic mass is 32.2. The zero-order chi connectivity index (χ0) is 15.7. The number of rotatable bonds is 4. The number of fused-ring (bicyclic) bond motifs is 1. The number of hydrogen-bond acceptors (Lipinski definition) is 5. The molecule has 0 N–H and O–H groups in total. The second-order valence-corrected chi connectivity index (χ2v) is 7.09. The van der Waals surface area contributed by atoms with Crippen LogP contribution in [0.2, 0.25) is 0 Å². The van der Waals surface area contributed by atoms with Gasteiger partial charge in [-0.15, -0.1) is 11.8 Å². The van der Waals surface area contributed by atoms with Gasteiger partial charge >= 0.3 is 5.97 Å². The molecule has 2 fully saturated rings. The third-order valence-corrected chi connectivity index (χ3v) is 5.58. The van der Waals surface area contributed by atoms with Crippen molar-refractivity contribution in [1.82, 2.24) is 4.90 Å². The molecule has 3 rings (SSSR count). The Bertz CT molecular complexity index is 588. The number of nitrogens with zero attached hydrogens (tertiary/aromatic N) is 1. The molecule has 0 radical (unpaired) electrons. The van der Waals surface area contributed by atoms with Gasteiger partial charge in [0.1, 0.15) is 17.5 Å². The maximum Gasteiger partial charge on any atom is 0.335 e. The van der Waals surface area contributed by atoms with Crippen LogP contribution in [0.5, 0.6) is 11.5 Å². The maximum atomic E-state index is 12.4. The van der Waals surface area contributed by atoms with E-state index in [2.05, 4.69) is 0 Å². The summed E-state index contributed by atoms with van der Waals surface area (Å²) >= 11 is 1.66. The molecule has 1 aromatic rings. The maximum absolute atomic E-state index is 12.4. The van der Waals surface area contributed by atoms with Crippen LogP contribution in [0.3, 0.4) is 0 Å². The van der Waals surface area contributed by atoms with Crippen LogP contribution in [-0.2, 0) is 9.59 Å². The van der Waals surface area contributed by atoms with E-state index in [1.54, 1.807) is 40.9 Å². The largest absolute Gasteiger partial charge is 0.494 e. The Morgan fingerprint density at radius 3 is 2.73 bits per heavy atom. The van der Waals surface area contributed by atoms with E-state index in [4.69, 9.17) is 9.47 Å². The van der Waals surface area contributed by atoms with E-state index in [0.29, 0.717) is 24.5 Å². The lowest BCUT2D eigenvalue weighted by Gasteiger charge is -2.29. The summed E-state index contributed by atoms with van der Waals surface area (Å²) in [4.78, 5) is 25.9. The molecule has 1 aromatic carbocycles. The fourth-order valence-electron chi connectivity index (χ4n) is 2.95. The first-order valence-electron chi connectivity index (χ1n) is 7.44. The quantitative estimate of drug-likeness (QED) is 0.630. The SMILES string of the molecule is CCOc1ccc(OC(=O)[C@H]2CS[C@@]3(C)CCC(=O)N23)cc1. The number of carbonyl (C=O) groups excluding carboxylic acids is 2. The Hall–Kier alpha value is -1.69. The lowest BCUT2D eigenvalue weighted by atomic mass is 10.2. The van der Waals surface area contributed by atoms with E-state index < -0.39 is 6.04 Å². The molecule has 118 valence electrons. The molecule has 5 nitrogen and oxygen atoms in total. The summed E-state index contributed by atoms with van der Waals surface area (Å²) in [6.45, 7) is 4.52. The molecule has 0 bridgehead atoms. The van der Waals surface area contributed by atoms with E-state index in [9.17, 15) is 9.59 Å². The topological polar surface area (TPSA) is 55.8 Å². The van der Waals surface area contributed by atoms with Crippen molar-refractivity contribution in [3.63, 3.8) is 0 Å². The normalized spacial score (nSPS) is 26.9. The number of esters is 1. The number of hydrogen-bond donors (Lipinski definition) is 0. The minimum absolute atomic E-state index is 0.0427. The van der Waals surface area contributed by atoms with Gasteiger partial charge in [0.15, 0.2) is 0 Å². The zero-order valence-corrected chi connectivity index (χ0v) is 13.5. The lowest BCUT2D eigenvalue weighted by molar-refractivity contribution is -0.146. The van der Waals surface area contributed by atoms with Crippen LogP contribution < -0.4 is 9.47 Å². The first kappa shape index (κ1) is 15.2. The van der Waals surface area contributed by atoms with Crippen LogP contribution in [0.4, 0.5) is 0 Å². The molecule has 2 atom stereocenters. The number of ether oxygens (including phenoxy) is 2. The zero-order valence-electron chi connectivity index (χ0n) is 12.7. The molecule has 2 saturated heterocycles. The molecule has 6 heteroatoms. The van der Waals surface area contributed by atoms with Gasteiger partial charge in [-0.25, -0.2) is 4.79 Å². The van der Waals surface area contributed by atoms with Crippen molar-refractivity contribution in [3.8, 4) is 11.5 Å². The first-order chi connectivity index (χ1) is 10.5. The molecule has 22 heavy (non-hydrogen) atoms. The van der Waals surface area contributed by atoms with E-state index in [0.717, 1.165) is 12.2 Å². The van der Waals surface area contributed by atoms with Gasteiger partial charge in [0.2, 0.25) is 5.91 Å². The third kappa shape index (κ3) is 2.67. The van der Waals surface area contributed by atoms with Crippen LogP contribution >= 0.6 is 11.8 Å². The summed E-state index contributed by atoms with van der Waals surface area (Å²) in [6, 6.07) is 6.45. The number of carbonyl (C=O) groups is 2. The molecule has 2 aliphatic heterocycles.